The third-order valence-corrected chi connectivity index (χ3v) is 2.48. The van der Waals surface area contributed by atoms with Crippen LogP contribution in [0.1, 0.15) is 21.8 Å². The van der Waals surface area contributed by atoms with E-state index in [0.717, 1.165) is 11.3 Å². The summed E-state index contributed by atoms with van der Waals surface area (Å²) in [6, 6.07) is 8.92. The lowest BCUT2D eigenvalue weighted by atomic mass is 10.1. The van der Waals surface area contributed by atoms with E-state index in [1.54, 1.807) is 6.08 Å². The molecular weight excluding hydrogens is 246 g/mol. The molecule has 2 rings (SSSR count). The lowest BCUT2D eigenvalue weighted by molar-refractivity contribution is 0.0685. The van der Waals surface area contributed by atoms with Crippen LogP contribution in [0.5, 0.6) is 5.75 Å². The van der Waals surface area contributed by atoms with E-state index in [-0.39, 0.29) is 12.3 Å². The molecule has 1 aromatic carbocycles. The van der Waals surface area contributed by atoms with Gasteiger partial charge in [-0.15, -0.1) is 6.58 Å². The van der Waals surface area contributed by atoms with E-state index in [2.05, 4.69) is 11.7 Å². The smallest absolute Gasteiger partial charge is 0.358 e. The Hall–Kier alpha value is -2.56. The number of hydrogen-bond acceptors (Lipinski definition) is 4. The molecule has 1 aromatic heterocycles. The molecule has 0 unspecified atom stereocenters. The minimum absolute atomic E-state index is 0.127. The molecule has 5 nitrogen and oxygen atoms in total. The Morgan fingerprint density at radius 2 is 2.26 bits per heavy atom. The molecule has 0 aliphatic rings. The lowest BCUT2D eigenvalue weighted by Gasteiger charge is -2.08. The largest absolute Gasteiger partial charge is 0.485 e. The topological polar surface area (TPSA) is 72.6 Å². The minimum atomic E-state index is -1.12. The van der Waals surface area contributed by atoms with Crippen molar-refractivity contribution in [2.24, 2.45) is 0 Å². The number of carbonyl (C=O) groups is 1. The van der Waals surface area contributed by atoms with Crippen LogP contribution in [0.25, 0.3) is 0 Å². The van der Waals surface area contributed by atoms with Crippen molar-refractivity contribution in [2.45, 2.75) is 13.0 Å². The van der Waals surface area contributed by atoms with Gasteiger partial charge in [0.15, 0.2) is 11.5 Å². The molecule has 0 bridgehead atoms. The summed E-state index contributed by atoms with van der Waals surface area (Å²) in [5.74, 6) is -0.0384. The van der Waals surface area contributed by atoms with Crippen molar-refractivity contribution >= 4 is 5.97 Å². The van der Waals surface area contributed by atoms with Gasteiger partial charge in [-0.1, -0.05) is 29.4 Å². The molecule has 0 spiro atoms. The van der Waals surface area contributed by atoms with Crippen LogP contribution in [0.15, 0.2) is 47.5 Å². The molecule has 0 radical (unpaired) electrons. The van der Waals surface area contributed by atoms with E-state index in [9.17, 15) is 4.79 Å². The Bertz CT molecular complexity index is 589. The van der Waals surface area contributed by atoms with Gasteiger partial charge in [-0.05, 0) is 18.1 Å². The standard InChI is InChI=1S/C14H13NO4/c1-2-5-10-6-3-4-7-13(10)18-9-11-8-12(14(16)17)15-19-11/h2-4,6-8H,1,5,9H2,(H,16,17). The summed E-state index contributed by atoms with van der Waals surface area (Å²) in [4.78, 5) is 10.7. The molecule has 0 saturated heterocycles. The Morgan fingerprint density at radius 1 is 1.47 bits per heavy atom. The van der Waals surface area contributed by atoms with E-state index in [4.69, 9.17) is 14.4 Å². The zero-order valence-corrected chi connectivity index (χ0v) is 10.2. The van der Waals surface area contributed by atoms with Crippen molar-refractivity contribution in [2.75, 3.05) is 0 Å². The first-order chi connectivity index (χ1) is 9.20. The van der Waals surface area contributed by atoms with Gasteiger partial charge in [0.05, 0.1) is 0 Å². The zero-order chi connectivity index (χ0) is 13.7. The number of aromatic nitrogens is 1. The van der Waals surface area contributed by atoms with E-state index in [0.29, 0.717) is 12.2 Å². The molecule has 0 amide bonds. The predicted octanol–water partition coefficient (Wildman–Crippen LogP) is 2.68. The van der Waals surface area contributed by atoms with Gasteiger partial charge < -0.3 is 14.4 Å². The Kier molecular flexibility index (Phi) is 3.97. The van der Waals surface area contributed by atoms with Crippen LogP contribution in [-0.4, -0.2) is 16.2 Å². The second kappa shape index (κ2) is 5.86. The average Bonchev–Trinajstić information content (AvgIpc) is 2.87. The van der Waals surface area contributed by atoms with Crippen LogP contribution in [0.2, 0.25) is 0 Å². The third kappa shape index (κ3) is 3.22. The summed E-state index contributed by atoms with van der Waals surface area (Å²) in [7, 11) is 0. The second-order valence-electron chi connectivity index (χ2n) is 3.87. The number of carboxylic acid groups (broad SMARTS) is 1. The van der Waals surface area contributed by atoms with Crippen LogP contribution in [0.4, 0.5) is 0 Å². The summed E-state index contributed by atoms with van der Waals surface area (Å²) >= 11 is 0. The molecule has 0 saturated carbocycles. The van der Waals surface area contributed by atoms with Crippen LogP contribution in [-0.2, 0) is 13.0 Å². The summed E-state index contributed by atoms with van der Waals surface area (Å²) in [6.45, 7) is 3.82. The van der Waals surface area contributed by atoms with Crippen molar-refractivity contribution in [3.05, 3.63) is 60.0 Å². The molecule has 1 heterocycles. The lowest BCUT2D eigenvalue weighted by Crippen LogP contribution is -1.97. The highest BCUT2D eigenvalue weighted by molar-refractivity contribution is 5.85. The Labute approximate surface area is 110 Å². The second-order valence-corrected chi connectivity index (χ2v) is 3.87. The maximum absolute atomic E-state index is 10.7. The zero-order valence-electron chi connectivity index (χ0n) is 10.2. The molecule has 0 aliphatic heterocycles. The molecule has 5 heteroatoms. The molecule has 0 fully saturated rings. The summed E-state index contributed by atoms with van der Waals surface area (Å²) in [5, 5.41) is 12.1. The predicted molar refractivity (Wildman–Crippen MR) is 68.1 cm³/mol. The highest BCUT2D eigenvalue weighted by Gasteiger charge is 2.11. The van der Waals surface area contributed by atoms with Gasteiger partial charge in [0, 0.05) is 6.07 Å². The number of allylic oxidation sites excluding steroid dienone is 1. The first-order valence-electron chi connectivity index (χ1n) is 5.71. The summed E-state index contributed by atoms with van der Waals surface area (Å²) in [6.07, 6.45) is 2.49. The molecule has 98 valence electrons. The fraction of sp³-hybridized carbons (Fsp3) is 0.143. The first kappa shape index (κ1) is 12.9. The molecule has 1 N–H and O–H groups in total. The highest BCUT2D eigenvalue weighted by atomic mass is 16.5. The maximum atomic E-state index is 10.7. The van der Waals surface area contributed by atoms with Crippen LogP contribution in [0.3, 0.4) is 0 Å². The highest BCUT2D eigenvalue weighted by Crippen LogP contribution is 2.20. The summed E-state index contributed by atoms with van der Waals surface area (Å²) < 4.78 is 10.5. The van der Waals surface area contributed by atoms with Gasteiger partial charge >= 0.3 is 5.97 Å². The maximum Gasteiger partial charge on any atom is 0.358 e. The number of aromatic carboxylic acids is 1. The third-order valence-electron chi connectivity index (χ3n) is 2.48. The van der Waals surface area contributed by atoms with E-state index < -0.39 is 5.97 Å². The van der Waals surface area contributed by atoms with Crippen molar-refractivity contribution in [1.29, 1.82) is 0 Å². The number of hydrogen-bond donors (Lipinski definition) is 1. The Balaban J connectivity index is 2.05. The van der Waals surface area contributed by atoms with E-state index in [1.165, 1.54) is 6.07 Å². The number of rotatable bonds is 6. The fourth-order valence-electron chi connectivity index (χ4n) is 1.60. The number of benzene rings is 1. The van der Waals surface area contributed by atoms with Gasteiger partial charge in [0.25, 0.3) is 0 Å². The SMILES string of the molecule is C=CCc1ccccc1OCc1cc(C(=O)O)no1. The normalized spacial score (nSPS) is 10.1. The van der Waals surface area contributed by atoms with Crippen molar-refractivity contribution < 1.29 is 19.2 Å². The van der Waals surface area contributed by atoms with Crippen molar-refractivity contribution in [3.63, 3.8) is 0 Å². The number of nitrogens with zero attached hydrogens (tertiary/aromatic N) is 1. The van der Waals surface area contributed by atoms with E-state index >= 15 is 0 Å². The quantitative estimate of drug-likeness (QED) is 0.807. The monoisotopic (exact) mass is 259 g/mol. The van der Waals surface area contributed by atoms with Gasteiger partial charge in [0.1, 0.15) is 12.4 Å². The van der Waals surface area contributed by atoms with Crippen LogP contribution < -0.4 is 4.74 Å². The average molecular weight is 259 g/mol. The molecule has 0 atom stereocenters. The van der Waals surface area contributed by atoms with Crippen LogP contribution >= 0.6 is 0 Å². The van der Waals surface area contributed by atoms with Gasteiger partial charge in [-0.3, -0.25) is 0 Å². The number of carboxylic acids is 1. The molecule has 2 aromatic rings. The van der Waals surface area contributed by atoms with Crippen molar-refractivity contribution in [1.82, 2.24) is 5.16 Å². The van der Waals surface area contributed by atoms with E-state index in [1.807, 2.05) is 24.3 Å². The number of para-hydroxylation sites is 1. The van der Waals surface area contributed by atoms with Gasteiger partial charge in [0.2, 0.25) is 0 Å². The first-order valence-corrected chi connectivity index (χ1v) is 5.71. The number of ether oxygens (including phenoxy) is 1. The molecule has 19 heavy (non-hydrogen) atoms. The molecular formula is C14H13NO4. The van der Waals surface area contributed by atoms with Crippen molar-refractivity contribution in [3.8, 4) is 5.75 Å². The summed E-state index contributed by atoms with van der Waals surface area (Å²) in [5.41, 5.74) is 0.883. The van der Waals surface area contributed by atoms with Crippen LogP contribution in [0, 0.1) is 0 Å². The minimum Gasteiger partial charge on any atom is -0.485 e. The van der Waals surface area contributed by atoms with Gasteiger partial charge in [-0.2, -0.15) is 0 Å². The molecule has 0 aliphatic carbocycles. The van der Waals surface area contributed by atoms with Gasteiger partial charge in [-0.25, -0.2) is 4.79 Å². The fourth-order valence-corrected chi connectivity index (χ4v) is 1.60. The Morgan fingerprint density at radius 3 is 2.95 bits per heavy atom.